The Bertz CT molecular complexity index is 572. The second kappa shape index (κ2) is 6.63. The first-order chi connectivity index (χ1) is 10.3. The Morgan fingerprint density at radius 3 is 2.95 bits per heavy atom. The molecule has 0 amide bonds. The third kappa shape index (κ3) is 3.55. The van der Waals surface area contributed by atoms with Crippen LogP contribution < -0.4 is 10.2 Å². The lowest BCUT2D eigenvalue weighted by molar-refractivity contribution is 0.417. The largest absolute Gasteiger partial charge is 0.339 e. The molecule has 1 fully saturated rings. The number of pyridine rings is 1. The van der Waals surface area contributed by atoms with Crippen LogP contribution >= 0.6 is 0 Å². The predicted molar refractivity (Wildman–Crippen MR) is 83.1 cm³/mol. The van der Waals surface area contributed by atoms with Gasteiger partial charge in [-0.1, -0.05) is 0 Å². The molecule has 0 aliphatic carbocycles. The Balaban J connectivity index is 1.58. The van der Waals surface area contributed by atoms with E-state index in [4.69, 9.17) is 0 Å². The summed E-state index contributed by atoms with van der Waals surface area (Å²) in [4.78, 5) is 15.2. The van der Waals surface area contributed by atoms with Crippen molar-refractivity contribution in [3.63, 3.8) is 0 Å². The molecule has 3 heterocycles. The third-order valence-corrected chi connectivity index (χ3v) is 3.99. The van der Waals surface area contributed by atoms with Crippen molar-refractivity contribution in [3.05, 3.63) is 48.0 Å². The van der Waals surface area contributed by atoms with Crippen LogP contribution in [0.1, 0.15) is 24.0 Å². The normalized spacial score (nSPS) is 18.7. The zero-order chi connectivity index (χ0) is 14.5. The lowest BCUT2D eigenvalue weighted by Gasteiger charge is -2.33. The average Bonchev–Trinajstić information content (AvgIpc) is 2.55. The van der Waals surface area contributed by atoms with Crippen LogP contribution in [-0.4, -0.2) is 34.1 Å². The minimum absolute atomic E-state index is 0.474. The number of rotatable bonds is 4. The van der Waals surface area contributed by atoms with Crippen molar-refractivity contribution in [2.24, 2.45) is 0 Å². The molecule has 1 aliphatic heterocycles. The summed E-state index contributed by atoms with van der Waals surface area (Å²) in [6.45, 7) is 4.99. The van der Waals surface area contributed by atoms with E-state index in [2.05, 4.69) is 38.2 Å². The minimum atomic E-state index is 0.474. The lowest BCUT2D eigenvalue weighted by atomic mass is 10.1. The Hall–Kier alpha value is -2.01. The van der Waals surface area contributed by atoms with Crippen molar-refractivity contribution in [2.75, 3.05) is 18.0 Å². The van der Waals surface area contributed by atoms with Crippen LogP contribution in [0.3, 0.4) is 0 Å². The number of aromatic nitrogens is 3. The monoisotopic (exact) mass is 283 g/mol. The molecule has 2 aromatic heterocycles. The van der Waals surface area contributed by atoms with Crippen LogP contribution in [0.25, 0.3) is 0 Å². The van der Waals surface area contributed by atoms with Gasteiger partial charge in [-0.05, 0) is 43.0 Å². The molecule has 3 rings (SSSR count). The molecule has 5 heteroatoms. The summed E-state index contributed by atoms with van der Waals surface area (Å²) in [5.74, 6) is 0.835. The predicted octanol–water partition coefficient (Wildman–Crippen LogP) is 1.94. The van der Waals surface area contributed by atoms with Gasteiger partial charge >= 0.3 is 0 Å². The van der Waals surface area contributed by atoms with E-state index in [0.29, 0.717) is 6.04 Å². The fraction of sp³-hybridized carbons (Fsp3) is 0.438. The Morgan fingerprint density at radius 1 is 1.29 bits per heavy atom. The summed E-state index contributed by atoms with van der Waals surface area (Å²) in [5, 5.41) is 3.64. The second-order valence-electron chi connectivity index (χ2n) is 5.52. The van der Waals surface area contributed by atoms with Gasteiger partial charge in [0.2, 0.25) is 5.95 Å². The first-order valence-electron chi connectivity index (χ1n) is 7.48. The van der Waals surface area contributed by atoms with Crippen molar-refractivity contribution in [1.29, 1.82) is 0 Å². The molecule has 1 atom stereocenters. The molecule has 1 N–H and O–H groups in total. The van der Waals surface area contributed by atoms with E-state index in [1.54, 1.807) is 12.4 Å². The SMILES string of the molecule is Cc1ccncc1CNC1CCCN(c2ncccn2)C1. The van der Waals surface area contributed by atoms with Gasteiger partial charge in [0, 0.05) is 50.5 Å². The van der Waals surface area contributed by atoms with E-state index in [0.717, 1.165) is 25.6 Å². The number of piperidine rings is 1. The van der Waals surface area contributed by atoms with Gasteiger partial charge in [0.15, 0.2) is 0 Å². The van der Waals surface area contributed by atoms with E-state index >= 15 is 0 Å². The summed E-state index contributed by atoms with van der Waals surface area (Å²) in [5.41, 5.74) is 2.56. The summed E-state index contributed by atoms with van der Waals surface area (Å²) < 4.78 is 0. The zero-order valence-corrected chi connectivity index (χ0v) is 12.4. The van der Waals surface area contributed by atoms with Crippen LogP contribution in [0.15, 0.2) is 36.9 Å². The summed E-state index contributed by atoms with van der Waals surface area (Å²) in [6, 6.07) is 4.39. The number of nitrogens with zero attached hydrogens (tertiary/aromatic N) is 4. The lowest BCUT2D eigenvalue weighted by Crippen LogP contribution is -2.46. The molecule has 0 bridgehead atoms. The highest BCUT2D eigenvalue weighted by Crippen LogP contribution is 2.16. The summed E-state index contributed by atoms with van der Waals surface area (Å²) >= 11 is 0. The van der Waals surface area contributed by atoms with E-state index < -0.39 is 0 Å². The van der Waals surface area contributed by atoms with Crippen molar-refractivity contribution in [3.8, 4) is 0 Å². The molecule has 110 valence electrons. The third-order valence-electron chi connectivity index (χ3n) is 3.99. The Morgan fingerprint density at radius 2 is 2.14 bits per heavy atom. The van der Waals surface area contributed by atoms with E-state index in [-0.39, 0.29) is 0 Å². The summed E-state index contributed by atoms with van der Waals surface area (Å²) in [7, 11) is 0. The fourth-order valence-corrected chi connectivity index (χ4v) is 2.72. The molecule has 0 spiro atoms. The van der Waals surface area contributed by atoms with Crippen molar-refractivity contribution >= 4 is 5.95 Å². The van der Waals surface area contributed by atoms with Gasteiger partial charge in [-0.15, -0.1) is 0 Å². The maximum Gasteiger partial charge on any atom is 0.225 e. The van der Waals surface area contributed by atoms with Crippen LogP contribution in [0.5, 0.6) is 0 Å². The molecule has 0 radical (unpaired) electrons. The number of anilines is 1. The Kier molecular flexibility index (Phi) is 4.40. The van der Waals surface area contributed by atoms with Crippen molar-refractivity contribution in [1.82, 2.24) is 20.3 Å². The zero-order valence-electron chi connectivity index (χ0n) is 12.4. The van der Waals surface area contributed by atoms with Gasteiger partial charge in [0.25, 0.3) is 0 Å². The van der Waals surface area contributed by atoms with Crippen LogP contribution in [0.2, 0.25) is 0 Å². The Labute approximate surface area is 125 Å². The van der Waals surface area contributed by atoms with Gasteiger partial charge in [-0.2, -0.15) is 0 Å². The number of aryl methyl sites for hydroxylation is 1. The molecule has 1 unspecified atom stereocenters. The van der Waals surface area contributed by atoms with Crippen molar-refractivity contribution in [2.45, 2.75) is 32.4 Å². The molecule has 0 aromatic carbocycles. The molecule has 0 saturated carbocycles. The molecule has 1 saturated heterocycles. The number of hydrogen-bond acceptors (Lipinski definition) is 5. The highest BCUT2D eigenvalue weighted by atomic mass is 15.3. The molecule has 21 heavy (non-hydrogen) atoms. The maximum atomic E-state index is 4.35. The average molecular weight is 283 g/mol. The number of nitrogens with one attached hydrogen (secondary N) is 1. The maximum absolute atomic E-state index is 4.35. The van der Waals surface area contributed by atoms with Gasteiger partial charge in [-0.3, -0.25) is 4.98 Å². The molecule has 5 nitrogen and oxygen atoms in total. The van der Waals surface area contributed by atoms with E-state index in [1.165, 1.54) is 24.0 Å². The first-order valence-corrected chi connectivity index (χ1v) is 7.48. The van der Waals surface area contributed by atoms with Gasteiger partial charge in [0.05, 0.1) is 0 Å². The van der Waals surface area contributed by atoms with Gasteiger partial charge < -0.3 is 10.2 Å². The van der Waals surface area contributed by atoms with Crippen molar-refractivity contribution < 1.29 is 0 Å². The molecular formula is C16H21N5. The molecule has 1 aliphatic rings. The number of hydrogen-bond donors (Lipinski definition) is 1. The minimum Gasteiger partial charge on any atom is -0.339 e. The summed E-state index contributed by atoms with van der Waals surface area (Å²) in [6.07, 6.45) is 9.76. The highest BCUT2D eigenvalue weighted by molar-refractivity contribution is 5.29. The van der Waals surface area contributed by atoms with Gasteiger partial charge in [-0.25, -0.2) is 9.97 Å². The van der Waals surface area contributed by atoms with E-state index in [1.807, 2.05) is 18.5 Å². The molecule has 2 aromatic rings. The van der Waals surface area contributed by atoms with Gasteiger partial charge in [0.1, 0.15) is 0 Å². The topological polar surface area (TPSA) is 53.9 Å². The van der Waals surface area contributed by atoms with E-state index in [9.17, 15) is 0 Å². The fourth-order valence-electron chi connectivity index (χ4n) is 2.72. The standard InChI is InChI=1S/C16H21N5/c1-13-5-8-17-10-14(13)11-20-15-4-2-9-21(12-15)16-18-6-3-7-19-16/h3,5-8,10,15,20H,2,4,9,11-12H2,1H3. The molecular weight excluding hydrogens is 262 g/mol. The first kappa shape index (κ1) is 13.9. The van der Waals surface area contributed by atoms with Crippen LogP contribution in [0, 0.1) is 6.92 Å². The van der Waals surface area contributed by atoms with Crippen LogP contribution in [-0.2, 0) is 6.54 Å². The quantitative estimate of drug-likeness (QED) is 0.929. The smallest absolute Gasteiger partial charge is 0.225 e. The highest BCUT2D eigenvalue weighted by Gasteiger charge is 2.21. The van der Waals surface area contributed by atoms with Crippen LogP contribution in [0.4, 0.5) is 5.95 Å². The second-order valence-corrected chi connectivity index (χ2v) is 5.52.